The molecule has 0 aromatic heterocycles. The molecule has 0 atom stereocenters. The number of rotatable bonds is 4. The number of nitro groups is 1. The minimum Gasteiger partial charge on any atom is -0.332 e. The zero-order valence-corrected chi connectivity index (χ0v) is 14.3. The van der Waals surface area contributed by atoms with Crippen molar-refractivity contribution >= 4 is 56.0 Å². The van der Waals surface area contributed by atoms with Gasteiger partial charge in [0.25, 0.3) is 5.69 Å². The molecule has 0 unspecified atom stereocenters. The number of anilines is 2. The molecule has 0 heterocycles. The molecular weight excluding hydrogens is 376 g/mol. The number of nitro benzene ring substituents is 1. The molecule has 0 fully saturated rings. The van der Waals surface area contributed by atoms with Crippen molar-refractivity contribution in [2.75, 3.05) is 10.6 Å². The van der Waals surface area contributed by atoms with Crippen LogP contribution in [0, 0.1) is 10.1 Å². The first-order valence-electron chi connectivity index (χ1n) is 6.31. The lowest BCUT2D eigenvalue weighted by atomic mass is 10.3. The van der Waals surface area contributed by atoms with Crippen molar-refractivity contribution in [2.24, 2.45) is 5.14 Å². The van der Waals surface area contributed by atoms with Crippen molar-refractivity contribution < 1.29 is 13.3 Å². The minimum atomic E-state index is -3.76. The summed E-state index contributed by atoms with van der Waals surface area (Å²) < 4.78 is 22.4. The van der Waals surface area contributed by atoms with Crippen molar-refractivity contribution in [1.29, 1.82) is 0 Å². The summed E-state index contributed by atoms with van der Waals surface area (Å²) in [6.45, 7) is 0. The lowest BCUT2D eigenvalue weighted by Gasteiger charge is -2.12. The van der Waals surface area contributed by atoms with Gasteiger partial charge in [-0.15, -0.1) is 0 Å². The van der Waals surface area contributed by atoms with E-state index in [1.54, 1.807) is 0 Å². The van der Waals surface area contributed by atoms with Gasteiger partial charge >= 0.3 is 0 Å². The Kier molecular flexibility index (Phi) is 5.34. The van der Waals surface area contributed by atoms with Gasteiger partial charge in [-0.2, -0.15) is 0 Å². The molecule has 0 saturated heterocycles. The van der Waals surface area contributed by atoms with E-state index in [-0.39, 0.29) is 20.7 Å². The molecule has 0 amide bonds. The lowest BCUT2D eigenvalue weighted by Crippen LogP contribution is -2.19. The van der Waals surface area contributed by atoms with Crippen LogP contribution in [0.5, 0.6) is 0 Å². The largest absolute Gasteiger partial charge is 0.332 e. The third-order valence-corrected chi connectivity index (χ3v) is 4.30. The van der Waals surface area contributed by atoms with Crippen LogP contribution in [-0.4, -0.2) is 18.5 Å². The Labute approximate surface area is 147 Å². The van der Waals surface area contributed by atoms with Crippen LogP contribution in [0.25, 0.3) is 0 Å². The first-order chi connectivity index (χ1) is 11.2. The van der Waals surface area contributed by atoms with Crippen LogP contribution >= 0.6 is 23.8 Å². The van der Waals surface area contributed by atoms with Crippen LogP contribution in [0.4, 0.5) is 17.1 Å². The number of hydrogen-bond donors (Lipinski definition) is 3. The van der Waals surface area contributed by atoms with E-state index >= 15 is 0 Å². The predicted octanol–water partition coefficient (Wildman–Crippen LogP) is 2.70. The summed E-state index contributed by atoms with van der Waals surface area (Å²) in [6.07, 6.45) is 0. The first-order valence-corrected chi connectivity index (χ1v) is 8.65. The summed E-state index contributed by atoms with van der Waals surface area (Å²) in [5, 5.41) is 21.6. The monoisotopic (exact) mass is 386 g/mol. The van der Waals surface area contributed by atoms with Gasteiger partial charge in [0.1, 0.15) is 0 Å². The highest BCUT2D eigenvalue weighted by atomic mass is 35.5. The quantitative estimate of drug-likeness (QED) is 0.418. The smallest absolute Gasteiger partial charge is 0.271 e. The highest BCUT2D eigenvalue weighted by Gasteiger charge is 2.11. The molecule has 2 aromatic carbocycles. The van der Waals surface area contributed by atoms with Crippen LogP contribution in [0.3, 0.4) is 0 Å². The van der Waals surface area contributed by atoms with Crippen LogP contribution in [-0.2, 0) is 10.0 Å². The molecule has 2 rings (SSSR count). The molecule has 0 aliphatic heterocycles. The molecule has 0 saturated carbocycles. The Bertz CT molecular complexity index is 901. The average Bonchev–Trinajstić information content (AvgIpc) is 2.48. The number of halogens is 1. The predicted molar refractivity (Wildman–Crippen MR) is 95.8 cm³/mol. The number of primary sulfonamides is 1. The fraction of sp³-hybridized carbons (Fsp3) is 0. The van der Waals surface area contributed by atoms with Crippen molar-refractivity contribution in [1.82, 2.24) is 0 Å². The number of nitrogens with two attached hydrogens (primary N) is 1. The van der Waals surface area contributed by atoms with E-state index in [4.69, 9.17) is 29.0 Å². The van der Waals surface area contributed by atoms with E-state index in [0.717, 1.165) is 0 Å². The fourth-order valence-electron chi connectivity index (χ4n) is 1.73. The van der Waals surface area contributed by atoms with Crippen molar-refractivity contribution in [3.05, 3.63) is 57.6 Å². The Morgan fingerprint density at radius 2 is 1.79 bits per heavy atom. The number of benzene rings is 2. The number of nitrogens with one attached hydrogen (secondary N) is 2. The molecule has 4 N–H and O–H groups in total. The summed E-state index contributed by atoms with van der Waals surface area (Å²) in [6, 6.07) is 9.57. The Morgan fingerprint density at radius 3 is 2.29 bits per heavy atom. The maximum atomic E-state index is 11.2. The highest BCUT2D eigenvalue weighted by Crippen LogP contribution is 2.26. The zero-order valence-electron chi connectivity index (χ0n) is 11.9. The molecule has 11 heteroatoms. The van der Waals surface area contributed by atoms with E-state index in [2.05, 4.69) is 10.6 Å². The number of nitrogens with zero attached hydrogens (tertiary/aromatic N) is 1. The van der Waals surface area contributed by atoms with Crippen LogP contribution in [0.2, 0.25) is 5.02 Å². The van der Waals surface area contributed by atoms with Crippen molar-refractivity contribution in [2.45, 2.75) is 4.90 Å². The van der Waals surface area contributed by atoms with E-state index in [1.165, 1.54) is 42.5 Å². The van der Waals surface area contributed by atoms with E-state index in [1.807, 2.05) is 0 Å². The van der Waals surface area contributed by atoms with E-state index in [0.29, 0.717) is 11.4 Å². The molecule has 0 aliphatic rings. The molecule has 0 spiro atoms. The SMILES string of the molecule is NS(=O)(=O)c1ccc(NC(=S)Nc2ccc([N+](=O)[O-])cc2Cl)cc1. The van der Waals surface area contributed by atoms with Crippen molar-refractivity contribution in [3.8, 4) is 0 Å². The Balaban J connectivity index is 2.07. The van der Waals surface area contributed by atoms with Crippen LogP contribution < -0.4 is 15.8 Å². The van der Waals surface area contributed by atoms with Crippen LogP contribution in [0.15, 0.2) is 47.4 Å². The summed E-state index contributed by atoms with van der Waals surface area (Å²) in [7, 11) is -3.76. The Hall–Kier alpha value is -2.27. The van der Waals surface area contributed by atoms with Gasteiger partial charge in [-0.3, -0.25) is 10.1 Å². The second kappa shape index (κ2) is 7.09. The van der Waals surface area contributed by atoms with Gasteiger partial charge in [0.05, 0.1) is 20.5 Å². The topological polar surface area (TPSA) is 127 Å². The summed E-state index contributed by atoms with van der Waals surface area (Å²) in [5.41, 5.74) is 0.780. The fourth-order valence-corrected chi connectivity index (χ4v) is 2.70. The van der Waals surface area contributed by atoms with Gasteiger partial charge in [-0.1, -0.05) is 11.6 Å². The first kappa shape index (κ1) is 18.1. The highest BCUT2D eigenvalue weighted by molar-refractivity contribution is 7.89. The maximum Gasteiger partial charge on any atom is 0.271 e. The molecule has 2 aromatic rings. The minimum absolute atomic E-state index is 0.0228. The van der Waals surface area contributed by atoms with Gasteiger partial charge in [0.15, 0.2) is 5.11 Å². The summed E-state index contributed by atoms with van der Waals surface area (Å²) >= 11 is 11.1. The standard InChI is InChI=1S/C13H11ClN4O4S2/c14-11-7-9(18(19)20)3-6-12(11)17-13(23)16-8-1-4-10(5-2-8)24(15,21)22/h1-7H,(H2,15,21,22)(H2,16,17,23). The van der Waals surface area contributed by atoms with Crippen molar-refractivity contribution in [3.63, 3.8) is 0 Å². The van der Waals surface area contributed by atoms with Gasteiger partial charge < -0.3 is 10.6 Å². The number of hydrogen-bond acceptors (Lipinski definition) is 5. The van der Waals surface area contributed by atoms with E-state index < -0.39 is 14.9 Å². The summed E-state index contributed by atoms with van der Waals surface area (Å²) in [4.78, 5) is 10.1. The third kappa shape index (κ3) is 4.61. The summed E-state index contributed by atoms with van der Waals surface area (Å²) in [5.74, 6) is 0. The molecule has 8 nitrogen and oxygen atoms in total. The normalized spacial score (nSPS) is 10.9. The Morgan fingerprint density at radius 1 is 1.17 bits per heavy atom. The maximum absolute atomic E-state index is 11.2. The number of non-ortho nitro benzene ring substituents is 1. The second-order valence-corrected chi connectivity index (χ2v) is 6.95. The van der Waals surface area contributed by atoms with Gasteiger partial charge in [0.2, 0.25) is 10.0 Å². The molecule has 0 radical (unpaired) electrons. The number of sulfonamides is 1. The zero-order chi connectivity index (χ0) is 17.9. The second-order valence-electron chi connectivity index (χ2n) is 4.57. The molecule has 0 bridgehead atoms. The third-order valence-electron chi connectivity index (χ3n) is 2.85. The molecule has 24 heavy (non-hydrogen) atoms. The van der Waals surface area contributed by atoms with Gasteiger partial charge in [-0.25, -0.2) is 13.6 Å². The molecule has 126 valence electrons. The molecular formula is C13H11ClN4O4S2. The van der Waals surface area contributed by atoms with E-state index in [9.17, 15) is 18.5 Å². The lowest BCUT2D eigenvalue weighted by molar-refractivity contribution is -0.384. The van der Waals surface area contributed by atoms with Crippen LogP contribution in [0.1, 0.15) is 0 Å². The van der Waals surface area contributed by atoms with Gasteiger partial charge in [0, 0.05) is 17.8 Å². The molecule has 0 aliphatic carbocycles. The van der Waals surface area contributed by atoms with Gasteiger partial charge in [-0.05, 0) is 42.5 Å². The number of thiocarbonyl (C=S) groups is 1. The average molecular weight is 387 g/mol.